The van der Waals surface area contributed by atoms with Crippen LogP contribution in [0.4, 0.5) is 0 Å². The molecule has 5 heteroatoms. The molecule has 0 aromatic heterocycles. The molecule has 0 saturated carbocycles. The Hall–Kier alpha value is -2.37. The van der Waals surface area contributed by atoms with Crippen molar-refractivity contribution in [1.82, 2.24) is 5.32 Å². The number of fused-ring (bicyclic) bond motifs is 1. The van der Waals surface area contributed by atoms with E-state index in [2.05, 4.69) is 30.4 Å². The maximum absolute atomic E-state index is 11.8. The number of ether oxygens (including phenoxy) is 2. The summed E-state index contributed by atoms with van der Waals surface area (Å²) < 4.78 is 12.1. The summed E-state index contributed by atoms with van der Waals surface area (Å²) in [6, 6.07) is 12.2. The minimum atomic E-state index is -0.968. The maximum atomic E-state index is 11.8. The van der Waals surface area contributed by atoms with Gasteiger partial charge >= 0.3 is 0 Å². The van der Waals surface area contributed by atoms with Crippen molar-refractivity contribution >= 4 is 5.78 Å². The number of nitrogens with one attached hydrogen (secondary N) is 1. The molecule has 0 heterocycles. The predicted octanol–water partition coefficient (Wildman–Crippen LogP) is 3.89. The average molecular weight is 398 g/mol. The number of carbonyl (C=O) groups is 1. The van der Waals surface area contributed by atoms with Gasteiger partial charge in [0.2, 0.25) is 0 Å². The summed E-state index contributed by atoms with van der Waals surface area (Å²) in [5.74, 6) is 1.39. The van der Waals surface area contributed by atoms with Crippen molar-refractivity contribution in [2.75, 3.05) is 13.2 Å². The van der Waals surface area contributed by atoms with Crippen molar-refractivity contribution in [2.45, 2.75) is 58.7 Å². The number of rotatable bonds is 9. The summed E-state index contributed by atoms with van der Waals surface area (Å²) in [5, 5.41) is 12.7. The van der Waals surface area contributed by atoms with Gasteiger partial charge in [-0.1, -0.05) is 24.3 Å². The molecule has 2 N–H and O–H groups in total. The van der Waals surface area contributed by atoms with Crippen molar-refractivity contribution in [3.05, 3.63) is 58.7 Å². The van der Waals surface area contributed by atoms with Gasteiger partial charge in [-0.3, -0.25) is 10.1 Å². The molecular weight excluding hydrogens is 366 g/mol. The molecule has 2 aromatic carbocycles. The molecule has 2 aromatic rings. The van der Waals surface area contributed by atoms with Crippen LogP contribution in [0.2, 0.25) is 0 Å². The highest BCUT2D eigenvalue weighted by Gasteiger charge is 2.29. The fourth-order valence-corrected chi connectivity index (χ4v) is 3.71. The molecule has 0 saturated heterocycles. The van der Waals surface area contributed by atoms with E-state index in [0.29, 0.717) is 13.2 Å². The van der Waals surface area contributed by atoms with Gasteiger partial charge in [-0.2, -0.15) is 0 Å². The van der Waals surface area contributed by atoms with Crippen LogP contribution in [0.3, 0.4) is 0 Å². The number of hydrogen-bond donors (Lipinski definition) is 2. The molecule has 3 rings (SSSR count). The lowest BCUT2D eigenvalue weighted by Crippen LogP contribution is -2.51. The smallest absolute Gasteiger partial charge is 0.151 e. The van der Waals surface area contributed by atoms with Gasteiger partial charge in [0.05, 0.1) is 18.8 Å². The number of aryl methyl sites for hydroxylation is 1. The van der Waals surface area contributed by atoms with E-state index in [4.69, 9.17) is 9.47 Å². The molecule has 156 valence electrons. The van der Waals surface area contributed by atoms with Gasteiger partial charge in [-0.25, -0.2) is 0 Å². The summed E-state index contributed by atoms with van der Waals surface area (Å²) in [4.78, 5) is 11.8. The van der Waals surface area contributed by atoms with Crippen molar-refractivity contribution < 1.29 is 19.4 Å². The second-order valence-corrected chi connectivity index (χ2v) is 7.89. The highest BCUT2D eigenvalue weighted by atomic mass is 16.5. The molecule has 0 aliphatic heterocycles. The zero-order chi connectivity index (χ0) is 21.0. The van der Waals surface area contributed by atoms with Crippen LogP contribution in [-0.2, 0) is 17.8 Å². The molecule has 1 aliphatic carbocycles. The van der Waals surface area contributed by atoms with Gasteiger partial charge < -0.3 is 14.6 Å². The summed E-state index contributed by atoms with van der Waals surface area (Å²) in [6.07, 6.45) is 2.07. The topological polar surface area (TPSA) is 67.8 Å². The summed E-state index contributed by atoms with van der Waals surface area (Å²) in [5.41, 5.74) is 3.94. The quantitative estimate of drug-likeness (QED) is 0.672. The van der Waals surface area contributed by atoms with Crippen LogP contribution >= 0.6 is 0 Å². The first-order valence-corrected chi connectivity index (χ1v) is 10.3. The Bertz CT molecular complexity index is 879. The maximum Gasteiger partial charge on any atom is 0.151 e. The Balaban J connectivity index is 1.77. The third-order valence-electron chi connectivity index (χ3n) is 5.83. The molecule has 1 aliphatic rings. The Kier molecular flexibility index (Phi) is 6.60. The second-order valence-electron chi connectivity index (χ2n) is 7.89. The van der Waals surface area contributed by atoms with Crippen molar-refractivity contribution in [1.29, 1.82) is 0 Å². The number of ketones is 1. The second kappa shape index (κ2) is 8.97. The first-order valence-electron chi connectivity index (χ1n) is 10.3. The molecule has 29 heavy (non-hydrogen) atoms. The average Bonchev–Trinajstić information content (AvgIpc) is 3.11. The van der Waals surface area contributed by atoms with Crippen LogP contribution < -0.4 is 14.8 Å². The van der Waals surface area contributed by atoms with E-state index < -0.39 is 5.54 Å². The molecule has 0 bridgehead atoms. The molecule has 0 amide bonds. The van der Waals surface area contributed by atoms with Crippen LogP contribution in [0.5, 0.6) is 11.5 Å². The van der Waals surface area contributed by atoms with Gasteiger partial charge in [-0.05, 0) is 63.3 Å². The lowest BCUT2D eigenvalue weighted by Gasteiger charge is -2.26. The number of aliphatic hydroxyl groups excluding tert-OH is 1. The molecule has 1 unspecified atom stereocenters. The van der Waals surface area contributed by atoms with E-state index >= 15 is 0 Å². The third-order valence-corrected chi connectivity index (χ3v) is 5.83. The summed E-state index contributed by atoms with van der Waals surface area (Å²) in [7, 11) is 0. The normalized spacial score (nSPS) is 17.5. The highest BCUT2D eigenvalue weighted by Crippen LogP contribution is 2.37. The fraction of sp³-hybridized carbons (Fsp3) is 0.458. The molecule has 0 spiro atoms. The monoisotopic (exact) mass is 397 g/mol. The number of hydrogen-bond acceptors (Lipinski definition) is 5. The zero-order valence-electron chi connectivity index (χ0n) is 17.7. The Morgan fingerprint density at radius 3 is 2.79 bits per heavy atom. The lowest BCUT2D eigenvalue weighted by atomic mass is 9.98. The molecular formula is C24H31NO4. The molecule has 2 atom stereocenters. The van der Waals surface area contributed by atoms with Gasteiger partial charge in [0, 0.05) is 18.2 Å². The molecule has 5 nitrogen and oxygen atoms in total. The Labute approximate surface area is 173 Å². The first-order chi connectivity index (χ1) is 13.9. The molecule has 0 fully saturated rings. The minimum Gasteiger partial charge on any atom is -0.493 e. The van der Waals surface area contributed by atoms with Crippen molar-refractivity contribution in [3.63, 3.8) is 0 Å². The van der Waals surface area contributed by atoms with E-state index in [1.165, 1.54) is 23.6 Å². The van der Waals surface area contributed by atoms with Gasteiger partial charge in [0.1, 0.15) is 17.6 Å². The van der Waals surface area contributed by atoms with Crippen LogP contribution in [0.1, 0.15) is 55.5 Å². The summed E-state index contributed by atoms with van der Waals surface area (Å²) in [6.45, 7) is 7.96. The largest absolute Gasteiger partial charge is 0.493 e. The van der Waals surface area contributed by atoms with E-state index in [1.54, 1.807) is 6.92 Å². The minimum absolute atomic E-state index is 0.0544. The van der Waals surface area contributed by atoms with E-state index in [0.717, 1.165) is 29.9 Å². The Morgan fingerprint density at radius 1 is 1.31 bits per heavy atom. The Morgan fingerprint density at radius 2 is 2.10 bits per heavy atom. The van der Waals surface area contributed by atoms with Gasteiger partial charge in [-0.15, -0.1) is 0 Å². The number of Topliss-reactive ketones (excluding diaryl/α,β-unsaturated/α-hetero) is 1. The fourth-order valence-electron chi connectivity index (χ4n) is 3.71. The first kappa shape index (κ1) is 21.3. The third kappa shape index (κ3) is 4.62. The van der Waals surface area contributed by atoms with Crippen molar-refractivity contribution in [3.8, 4) is 11.5 Å². The zero-order valence-corrected chi connectivity index (χ0v) is 17.7. The van der Waals surface area contributed by atoms with Gasteiger partial charge in [0.25, 0.3) is 0 Å². The SMILES string of the molecule is CCOc1cc(OC2CCc3c(C)cccc32)ccc1CN[C@@](C)(CO)C(C)=O. The van der Waals surface area contributed by atoms with Crippen molar-refractivity contribution in [2.24, 2.45) is 0 Å². The van der Waals surface area contributed by atoms with E-state index in [-0.39, 0.29) is 18.5 Å². The van der Waals surface area contributed by atoms with Crippen LogP contribution in [0.25, 0.3) is 0 Å². The highest BCUT2D eigenvalue weighted by molar-refractivity contribution is 5.85. The summed E-state index contributed by atoms with van der Waals surface area (Å²) >= 11 is 0. The number of benzene rings is 2. The van der Waals surface area contributed by atoms with Crippen LogP contribution in [-0.4, -0.2) is 29.6 Å². The van der Waals surface area contributed by atoms with E-state index in [1.807, 2.05) is 25.1 Å². The lowest BCUT2D eigenvalue weighted by molar-refractivity contribution is -0.124. The standard InChI is InChI=1S/C24H31NO4/c1-5-28-23-13-19(10-9-18(23)14-25-24(4,15-26)17(3)27)29-22-12-11-20-16(2)7-6-8-21(20)22/h6-10,13,22,25-26H,5,11-12,14-15H2,1-4H3/t22?,24-/m0/s1. The van der Waals surface area contributed by atoms with Crippen LogP contribution in [0, 0.1) is 6.92 Å². The molecule has 0 radical (unpaired) electrons. The van der Waals surface area contributed by atoms with E-state index in [9.17, 15) is 9.90 Å². The predicted molar refractivity (Wildman–Crippen MR) is 113 cm³/mol. The number of carbonyl (C=O) groups excluding carboxylic acids is 1. The number of aliphatic hydroxyl groups is 1. The van der Waals surface area contributed by atoms with Crippen LogP contribution in [0.15, 0.2) is 36.4 Å². The van der Waals surface area contributed by atoms with Gasteiger partial charge in [0.15, 0.2) is 5.78 Å².